The fraction of sp³-hybridized carbons (Fsp3) is 0.188. The Morgan fingerprint density at radius 2 is 1.77 bits per heavy atom. The number of para-hydroxylation sites is 1. The third-order valence-corrected chi connectivity index (χ3v) is 7.57. The number of imide groups is 1. The first-order chi connectivity index (χ1) is 20.5. The van der Waals surface area contributed by atoms with Gasteiger partial charge in [0.2, 0.25) is 5.78 Å². The van der Waals surface area contributed by atoms with Gasteiger partial charge in [-0.25, -0.2) is 18.8 Å². The lowest BCUT2D eigenvalue weighted by Crippen LogP contribution is -2.34. The molecule has 3 amide bonds. The number of aromatic nitrogens is 3. The van der Waals surface area contributed by atoms with Gasteiger partial charge in [0.15, 0.2) is 11.6 Å². The number of ketones is 1. The number of amides is 3. The van der Waals surface area contributed by atoms with Crippen LogP contribution in [0.3, 0.4) is 0 Å². The first-order valence-electron chi connectivity index (χ1n) is 13.7. The van der Waals surface area contributed by atoms with Crippen LogP contribution < -0.4 is 20.7 Å². The zero-order chi connectivity index (χ0) is 30.6. The molecule has 1 unspecified atom stereocenters. The highest BCUT2D eigenvalue weighted by Gasteiger charge is 2.41. The number of halogens is 1. The smallest absolute Gasteiger partial charge is 0.329 e. The molecule has 218 valence electrons. The minimum atomic E-state index is -0.595. The standard InChI is InChI=1S/C32H29FN6O4/c1-16(2)28-31(41)38(32(42)37-28)26-14-23-19(11-17(26)3)13-24(36-23)29(40)21-15-35-39(30(21)34)25-10-9-20(12-18(25)4)43-27-8-6-5-7-22(27)33/h5-16,28,36H,34H2,1-4H3,(H,37,42). The van der Waals surface area contributed by atoms with E-state index >= 15 is 0 Å². The van der Waals surface area contributed by atoms with E-state index in [4.69, 9.17) is 10.5 Å². The van der Waals surface area contributed by atoms with Gasteiger partial charge in [0, 0.05) is 10.9 Å². The highest BCUT2D eigenvalue weighted by atomic mass is 19.1. The molecule has 10 nitrogen and oxygen atoms in total. The summed E-state index contributed by atoms with van der Waals surface area (Å²) in [5, 5.41) is 7.84. The summed E-state index contributed by atoms with van der Waals surface area (Å²) in [6.45, 7) is 7.39. The topological polar surface area (TPSA) is 135 Å². The maximum Gasteiger partial charge on any atom is 0.329 e. The molecule has 4 N–H and O–H groups in total. The lowest BCUT2D eigenvalue weighted by Gasteiger charge is -2.17. The second-order valence-electron chi connectivity index (χ2n) is 10.9. The number of urea groups is 1. The molecule has 0 bridgehead atoms. The first kappa shape index (κ1) is 27.7. The van der Waals surface area contributed by atoms with Crippen molar-refractivity contribution in [3.8, 4) is 17.2 Å². The van der Waals surface area contributed by atoms with Crippen LogP contribution in [-0.4, -0.2) is 38.5 Å². The molecule has 5 aromatic rings. The minimum absolute atomic E-state index is 0.0551. The molecule has 2 aromatic heterocycles. The lowest BCUT2D eigenvalue weighted by molar-refractivity contribution is -0.119. The second-order valence-corrected chi connectivity index (χ2v) is 10.9. The number of hydrogen-bond acceptors (Lipinski definition) is 6. The van der Waals surface area contributed by atoms with Crippen LogP contribution in [0.4, 0.5) is 20.7 Å². The fourth-order valence-corrected chi connectivity index (χ4v) is 5.28. The van der Waals surface area contributed by atoms with Crippen LogP contribution in [0.1, 0.15) is 41.0 Å². The Kier molecular flexibility index (Phi) is 6.72. The molecule has 3 heterocycles. The average Bonchev–Trinajstić information content (AvgIpc) is 3.64. The van der Waals surface area contributed by atoms with Gasteiger partial charge in [0.25, 0.3) is 5.91 Å². The number of carbonyl (C=O) groups excluding carboxylic acids is 3. The van der Waals surface area contributed by atoms with E-state index in [2.05, 4.69) is 15.4 Å². The number of aryl methyl sites for hydroxylation is 2. The number of fused-ring (bicyclic) bond motifs is 1. The van der Waals surface area contributed by atoms with Gasteiger partial charge in [-0.2, -0.15) is 5.10 Å². The van der Waals surface area contributed by atoms with Crippen LogP contribution in [0.5, 0.6) is 11.5 Å². The van der Waals surface area contributed by atoms with Gasteiger partial charge in [-0.3, -0.25) is 9.59 Å². The number of anilines is 2. The summed E-state index contributed by atoms with van der Waals surface area (Å²) >= 11 is 0. The molecule has 1 aliphatic heterocycles. The van der Waals surface area contributed by atoms with Crippen molar-refractivity contribution in [3.05, 3.63) is 95.1 Å². The van der Waals surface area contributed by atoms with E-state index < -0.39 is 17.9 Å². The SMILES string of the molecule is Cc1cc2cc(C(=O)c3cnn(-c4ccc(Oc5ccccc5F)cc4C)c3N)[nH]c2cc1N1C(=O)NC(C(C)C)C1=O. The number of nitrogens with zero attached hydrogens (tertiary/aromatic N) is 3. The summed E-state index contributed by atoms with van der Waals surface area (Å²) in [4.78, 5) is 43.5. The molecule has 1 atom stereocenters. The monoisotopic (exact) mass is 580 g/mol. The summed E-state index contributed by atoms with van der Waals surface area (Å²) in [5.41, 5.74) is 10.0. The quantitative estimate of drug-likeness (QED) is 0.165. The molecule has 6 rings (SSSR count). The number of rotatable bonds is 7. The first-order valence-corrected chi connectivity index (χ1v) is 13.7. The fourth-order valence-electron chi connectivity index (χ4n) is 5.28. The Labute approximate surface area is 246 Å². The van der Waals surface area contributed by atoms with Crippen LogP contribution in [0, 0.1) is 25.6 Å². The second kappa shape index (κ2) is 10.4. The largest absolute Gasteiger partial charge is 0.454 e. The van der Waals surface area contributed by atoms with Gasteiger partial charge in [-0.15, -0.1) is 0 Å². The molecule has 3 aromatic carbocycles. The van der Waals surface area contributed by atoms with Crippen LogP contribution in [0.25, 0.3) is 16.6 Å². The predicted octanol–water partition coefficient (Wildman–Crippen LogP) is 5.80. The van der Waals surface area contributed by atoms with E-state index in [0.717, 1.165) is 15.8 Å². The van der Waals surface area contributed by atoms with E-state index in [1.807, 2.05) is 33.8 Å². The summed E-state index contributed by atoms with van der Waals surface area (Å²) in [7, 11) is 0. The van der Waals surface area contributed by atoms with Crippen LogP contribution in [-0.2, 0) is 4.79 Å². The predicted molar refractivity (Wildman–Crippen MR) is 160 cm³/mol. The van der Waals surface area contributed by atoms with Crippen LogP contribution in [0.2, 0.25) is 0 Å². The van der Waals surface area contributed by atoms with E-state index in [1.54, 1.807) is 48.5 Å². The van der Waals surface area contributed by atoms with E-state index in [1.165, 1.54) is 16.9 Å². The number of ether oxygens (including phenoxy) is 1. The number of hydrogen-bond donors (Lipinski definition) is 3. The number of nitrogens with two attached hydrogens (primary N) is 1. The Morgan fingerprint density at radius 3 is 2.47 bits per heavy atom. The van der Waals surface area contributed by atoms with Crippen molar-refractivity contribution in [2.24, 2.45) is 5.92 Å². The van der Waals surface area contributed by atoms with Crippen LogP contribution in [0.15, 0.2) is 66.9 Å². The third-order valence-electron chi connectivity index (χ3n) is 7.57. The molecule has 11 heteroatoms. The van der Waals surface area contributed by atoms with E-state index in [-0.39, 0.29) is 40.4 Å². The lowest BCUT2D eigenvalue weighted by atomic mass is 10.0. The number of nitrogens with one attached hydrogen (secondary N) is 2. The maximum atomic E-state index is 14.0. The average molecular weight is 581 g/mol. The molecule has 43 heavy (non-hydrogen) atoms. The summed E-state index contributed by atoms with van der Waals surface area (Å²) in [6, 6.07) is 15.4. The molecule has 0 radical (unpaired) electrons. The van der Waals surface area contributed by atoms with Crippen molar-refractivity contribution in [1.82, 2.24) is 20.1 Å². The van der Waals surface area contributed by atoms with Crippen molar-refractivity contribution in [3.63, 3.8) is 0 Å². The summed E-state index contributed by atoms with van der Waals surface area (Å²) in [5.74, 6) is -0.516. The normalized spacial score (nSPS) is 15.0. The highest BCUT2D eigenvalue weighted by molar-refractivity contribution is 6.22. The van der Waals surface area contributed by atoms with Gasteiger partial charge in [0.1, 0.15) is 17.6 Å². The Morgan fingerprint density at radius 1 is 1.02 bits per heavy atom. The molecule has 1 fully saturated rings. The molecule has 0 spiro atoms. The molecular formula is C32H29FN6O4. The highest BCUT2D eigenvalue weighted by Crippen LogP contribution is 2.32. The van der Waals surface area contributed by atoms with Gasteiger partial charge >= 0.3 is 6.03 Å². The van der Waals surface area contributed by atoms with E-state index in [9.17, 15) is 18.8 Å². The zero-order valence-electron chi connectivity index (χ0n) is 23.9. The van der Waals surface area contributed by atoms with Crippen LogP contribution >= 0.6 is 0 Å². The van der Waals surface area contributed by atoms with Crippen molar-refractivity contribution < 1.29 is 23.5 Å². The number of carbonyl (C=O) groups is 3. The van der Waals surface area contributed by atoms with Crippen molar-refractivity contribution in [1.29, 1.82) is 0 Å². The molecule has 1 saturated heterocycles. The Balaban J connectivity index is 1.28. The third kappa shape index (κ3) is 4.78. The molecule has 0 saturated carbocycles. The number of nitrogen functional groups attached to an aromatic ring is 1. The van der Waals surface area contributed by atoms with Gasteiger partial charge < -0.3 is 20.8 Å². The zero-order valence-corrected chi connectivity index (χ0v) is 23.9. The van der Waals surface area contributed by atoms with Gasteiger partial charge in [-0.1, -0.05) is 26.0 Å². The molecule has 1 aliphatic rings. The molecular weight excluding hydrogens is 551 g/mol. The van der Waals surface area contributed by atoms with E-state index in [0.29, 0.717) is 28.2 Å². The van der Waals surface area contributed by atoms with Crippen molar-refractivity contribution >= 4 is 40.1 Å². The number of aromatic amines is 1. The maximum absolute atomic E-state index is 14.0. The molecule has 0 aliphatic carbocycles. The Hall–Kier alpha value is -5.45. The number of benzene rings is 3. The van der Waals surface area contributed by atoms with Crippen molar-refractivity contribution in [2.75, 3.05) is 10.6 Å². The van der Waals surface area contributed by atoms with Gasteiger partial charge in [0.05, 0.1) is 28.8 Å². The minimum Gasteiger partial charge on any atom is -0.454 e. The summed E-state index contributed by atoms with van der Waals surface area (Å²) < 4.78 is 21.2. The van der Waals surface area contributed by atoms with Crippen molar-refractivity contribution in [2.45, 2.75) is 33.7 Å². The summed E-state index contributed by atoms with van der Waals surface area (Å²) in [6.07, 6.45) is 1.41. The van der Waals surface area contributed by atoms with Gasteiger partial charge in [-0.05, 0) is 79.4 Å². The number of H-pyrrole nitrogens is 1. The Bertz CT molecular complexity index is 1940.